The fourth-order valence-electron chi connectivity index (χ4n) is 18.2. The number of nitrogens with zero attached hydrogens (tertiary/aromatic N) is 4. The number of carbonyl (C=O) groups is 4. The van der Waals surface area contributed by atoms with Gasteiger partial charge in [-0.05, 0) is 154 Å². The molecular weight excluding hydrogens is 1390 g/mol. The third-order valence-electron chi connectivity index (χ3n) is 23.5. The topological polar surface area (TPSA) is 81.2 Å². The van der Waals surface area contributed by atoms with E-state index >= 15 is 0 Å². The van der Waals surface area contributed by atoms with Crippen LogP contribution in [0.15, 0.2) is 386 Å². The first kappa shape index (κ1) is 68.4. The Bertz CT molecular complexity index is 7260. The SMILES string of the molecule is CN1C(=O)C2=C(c3cc4ccccc4c4ccccc34)N(C)C(=O)C2=C1c1cccc2ccccc12.CN1C(=O)C2=C(c3ccc(-c4ccccc4)c4ccccc34)N(C)C(=O)C2=C1c1cccc2ccccc12.c1ccc2cc(-c3c4ccccc4c(-c4ccc(-c5cccc6ccccc56)cc4)c4ccccc34)ccc2c1. The number of fused-ring (bicyclic) bond motifs is 12. The second-order valence-electron chi connectivity index (χ2n) is 29.7. The van der Waals surface area contributed by atoms with Crippen molar-refractivity contribution in [2.45, 2.75) is 0 Å². The van der Waals surface area contributed by atoms with Crippen molar-refractivity contribution < 1.29 is 19.2 Å². The molecule has 0 aromatic heterocycles. The minimum atomic E-state index is -0.160. The van der Waals surface area contributed by atoms with Crippen molar-refractivity contribution >= 4 is 143 Å². The third kappa shape index (κ3) is 11.0. The van der Waals surface area contributed by atoms with Gasteiger partial charge in [0.1, 0.15) is 0 Å². The molecule has 8 nitrogen and oxygen atoms in total. The van der Waals surface area contributed by atoms with E-state index in [4.69, 9.17) is 0 Å². The zero-order valence-electron chi connectivity index (χ0n) is 63.1. The lowest BCUT2D eigenvalue weighted by atomic mass is 9.85. The van der Waals surface area contributed by atoms with Crippen LogP contribution in [0.2, 0.25) is 0 Å². The van der Waals surface area contributed by atoms with E-state index in [9.17, 15) is 19.2 Å². The van der Waals surface area contributed by atoms with Crippen molar-refractivity contribution in [1.82, 2.24) is 19.6 Å². The van der Waals surface area contributed by atoms with Gasteiger partial charge in [-0.1, -0.05) is 352 Å². The van der Waals surface area contributed by atoms with E-state index in [2.05, 4.69) is 218 Å². The van der Waals surface area contributed by atoms with Gasteiger partial charge in [0.05, 0.1) is 45.1 Å². The zero-order chi connectivity index (χ0) is 77.0. The highest BCUT2D eigenvalue weighted by molar-refractivity contribution is 6.34. The lowest BCUT2D eigenvalue weighted by molar-refractivity contribution is -0.123. The summed E-state index contributed by atoms with van der Waals surface area (Å²) >= 11 is 0. The molecule has 4 heterocycles. The molecule has 0 atom stereocenters. The summed E-state index contributed by atoms with van der Waals surface area (Å²) in [4.78, 5) is 61.9. The maximum absolute atomic E-state index is 13.9. The third-order valence-corrected chi connectivity index (χ3v) is 23.5. The second kappa shape index (κ2) is 27.6. The van der Waals surface area contributed by atoms with E-state index in [-0.39, 0.29) is 23.6 Å². The van der Waals surface area contributed by atoms with E-state index in [0.29, 0.717) is 45.1 Å². The molecule has 0 saturated carbocycles. The van der Waals surface area contributed by atoms with Gasteiger partial charge >= 0.3 is 0 Å². The van der Waals surface area contributed by atoms with Crippen LogP contribution in [0.5, 0.6) is 0 Å². The van der Waals surface area contributed by atoms with Crippen LogP contribution in [-0.4, -0.2) is 71.4 Å². The quantitative estimate of drug-likeness (QED) is 0.112. The van der Waals surface area contributed by atoms with Crippen LogP contribution in [0.1, 0.15) is 22.3 Å². The maximum atomic E-state index is 13.9. The molecule has 0 fully saturated rings. The van der Waals surface area contributed by atoms with Gasteiger partial charge in [-0.15, -0.1) is 0 Å². The predicted molar refractivity (Wildman–Crippen MR) is 470 cm³/mol. The summed E-state index contributed by atoms with van der Waals surface area (Å²) in [6, 6.07) is 127. The lowest BCUT2D eigenvalue weighted by Crippen LogP contribution is -2.25. The van der Waals surface area contributed by atoms with Gasteiger partial charge in [-0.2, -0.15) is 0 Å². The molecule has 0 saturated heterocycles. The van der Waals surface area contributed by atoms with Gasteiger partial charge in [0, 0.05) is 50.4 Å². The molecule has 0 N–H and O–H groups in total. The van der Waals surface area contributed by atoms with Gasteiger partial charge < -0.3 is 19.6 Å². The Morgan fingerprint density at radius 1 is 0.167 bits per heavy atom. The monoisotopic (exact) mass is 1460 g/mol. The van der Waals surface area contributed by atoms with Crippen molar-refractivity contribution in [3.05, 3.63) is 409 Å². The molecule has 4 amide bonds. The molecule has 0 bridgehead atoms. The molecule has 0 spiro atoms. The van der Waals surface area contributed by atoms with E-state index < -0.39 is 0 Å². The van der Waals surface area contributed by atoms with E-state index in [0.717, 1.165) is 87.2 Å². The molecule has 18 aromatic carbocycles. The smallest absolute Gasteiger partial charge is 0.261 e. The zero-order valence-corrected chi connectivity index (χ0v) is 63.1. The lowest BCUT2D eigenvalue weighted by Gasteiger charge is -2.22. The highest BCUT2D eigenvalue weighted by Gasteiger charge is 2.49. The van der Waals surface area contributed by atoms with Crippen molar-refractivity contribution in [2.75, 3.05) is 28.2 Å². The standard InChI is InChI=1S/C40H26.C34H24N2O2.C32H22N2O2/c1-2-12-31-26-32(25-20-27(31)10-1)40-37-17-7-5-15-35(37)39(36-16-6-8-18-38(36)40)30-23-21-29(22-24-30)34-19-9-13-28-11-3-4-14-33(28)34;1-35-31(27-18-10-14-22-13-6-7-15-23(22)27)29-30(34(35)38)32(36(2)33(29)37)28-20-19-24(21-11-4-3-5-12-21)25-16-8-9-17-26(25)28;1-33-29(25-17-9-12-19-10-3-5-13-21(19)25)27-28(32(33)36)30(34(2)31(27)35)26-18-20-11-4-6-14-22(20)23-15-7-8-16-24(23)26/h1-26H;3-20H,1-2H3;3-18H,1-2H3. The molecule has 22 rings (SSSR count). The number of benzene rings is 18. The molecule has 540 valence electrons. The summed E-state index contributed by atoms with van der Waals surface area (Å²) in [5.41, 5.74) is 17.9. The van der Waals surface area contributed by atoms with Crippen molar-refractivity contribution in [3.63, 3.8) is 0 Å². The van der Waals surface area contributed by atoms with Crippen LogP contribution in [0.4, 0.5) is 0 Å². The summed E-state index contributed by atoms with van der Waals surface area (Å²) in [6.07, 6.45) is 0. The highest BCUT2D eigenvalue weighted by Crippen LogP contribution is 2.52. The molecule has 0 aliphatic carbocycles. The van der Waals surface area contributed by atoms with Crippen molar-refractivity contribution in [1.29, 1.82) is 0 Å². The minimum absolute atomic E-state index is 0.155. The molecule has 114 heavy (non-hydrogen) atoms. The molecule has 0 unspecified atom stereocenters. The first-order valence-electron chi connectivity index (χ1n) is 38.5. The van der Waals surface area contributed by atoms with Crippen molar-refractivity contribution in [2.24, 2.45) is 0 Å². The van der Waals surface area contributed by atoms with Crippen LogP contribution < -0.4 is 0 Å². The van der Waals surface area contributed by atoms with Gasteiger partial charge in [0.15, 0.2) is 0 Å². The summed E-state index contributed by atoms with van der Waals surface area (Å²) in [7, 11) is 7.07. The maximum Gasteiger partial charge on any atom is 0.261 e. The Kier molecular flexibility index (Phi) is 16.6. The van der Waals surface area contributed by atoms with E-state index in [1.165, 1.54) is 76.5 Å². The number of hydrogen-bond acceptors (Lipinski definition) is 4. The van der Waals surface area contributed by atoms with Gasteiger partial charge in [-0.25, -0.2) is 0 Å². The van der Waals surface area contributed by atoms with Crippen LogP contribution in [0.25, 0.3) is 164 Å². The fourth-order valence-corrected chi connectivity index (χ4v) is 18.2. The van der Waals surface area contributed by atoms with Crippen LogP contribution in [0, 0.1) is 0 Å². The van der Waals surface area contributed by atoms with Crippen LogP contribution >= 0.6 is 0 Å². The number of hydrogen-bond donors (Lipinski definition) is 0. The largest absolute Gasteiger partial charge is 0.310 e. The summed E-state index contributed by atoms with van der Waals surface area (Å²) in [5.74, 6) is -0.630. The molecule has 8 heteroatoms. The van der Waals surface area contributed by atoms with Crippen LogP contribution in [0.3, 0.4) is 0 Å². The molecule has 4 aliphatic heterocycles. The Hall–Kier alpha value is -14.9. The first-order chi connectivity index (χ1) is 56.0. The number of carbonyl (C=O) groups excluding carboxylic acids is 4. The molecule has 0 radical (unpaired) electrons. The first-order valence-corrected chi connectivity index (χ1v) is 38.5. The molecule has 4 aliphatic rings. The Labute approximate surface area is 659 Å². The summed E-state index contributed by atoms with van der Waals surface area (Å²) < 4.78 is 0. The van der Waals surface area contributed by atoms with Gasteiger partial charge in [-0.3, -0.25) is 19.2 Å². The average Bonchev–Trinajstić information content (AvgIpc) is 1.52. The summed E-state index contributed by atoms with van der Waals surface area (Å²) in [6.45, 7) is 0. The minimum Gasteiger partial charge on any atom is -0.310 e. The van der Waals surface area contributed by atoms with E-state index in [1.54, 1.807) is 47.8 Å². The summed E-state index contributed by atoms with van der Waals surface area (Å²) in [5, 5.41) is 20.8. The van der Waals surface area contributed by atoms with Crippen LogP contribution in [-0.2, 0) is 19.2 Å². The average molecular weight is 1470 g/mol. The highest BCUT2D eigenvalue weighted by atomic mass is 16.2. The van der Waals surface area contributed by atoms with Gasteiger partial charge in [0.2, 0.25) is 0 Å². The predicted octanol–water partition coefficient (Wildman–Crippen LogP) is 24.2. The fraction of sp³-hybridized carbons (Fsp3) is 0.0377. The Morgan fingerprint density at radius 3 is 0.921 bits per heavy atom. The normalized spacial score (nSPS) is 14.2. The second-order valence-corrected chi connectivity index (χ2v) is 29.7. The number of rotatable bonds is 8. The Morgan fingerprint density at radius 2 is 0.447 bits per heavy atom. The Balaban J connectivity index is 0.000000111. The van der Waals surface area contributed by atoms with Gasteiger partial charge in [0.25, 0.3) is 23.6 Å². The molecule has 18 aromatic rings. The molecular formula is C106H72N4O4. The number of likely N-dealkylation sites (N-methyl/N-ethyl adjacent to an activating group) is 4. The number of amides is 4. The van der Waals surface area contributed by atoms with E-state index in [1.807, 2.05) is 146 Å². The van der Waals surface area contributed by atoms with Crippen molar-refractivity contribution in [3.8, 4) is 44.5 Å².